The highest BCUT2D eigenvalue weighted by molar-refractivity contribution is 7.81. The van der Waals surface area contributed by atoms with Crippen molar-refractivity contribution in [3.05, 3.63) is 0 Å². The first-order valence-corrected chi connectivity index (χ1v) is 17.5. The van der Waals surface area contributed by atoms with Gasteiger partial charge in [0.1, 0.15) is 0 Å². The van der Waals surface area contributed by atoms with E-state index in [1.807, 2.05) is 6.92 Å². The van der Waals surface area contributed by atoms with Crippen LogP contribution in [0.3, 0.4) is 0 Å². The summed E-state index contributed by atoms with van der Waals surface area (Å²) in [5.41, 5.74) is 0. The second kappa shape index (κ2) is 29.8. The van der Waals surface area contributed by atoms with Gasteiger partial charge in [-0.1, -0.05) is 187 Å². The minimum Gasteiger partial charge on any atom is -0.368 e. The summed E-state index contributed by atoms with van der Waals surface area (Å²) < 4.78 is 0. The number of thiol groups is 1. The summed E-state index contributed by atoms with van der Waals surface area (Å²) in [7, 11) is 0. The van der Waals surface area contributed by atoms with E-state index in [0.29, 0.717) is 5.92 Å². The van der Waals surface area contributed by atoms with Crippen molar-refractivity contribution >= 4 is 29.8 Å². The molecule has 0 bridgehead atoms. The first kappa shape index (κ1) is 36.2. The quantitative estimate of drug-likeness (QED) is 0.0422. The number of rotatable bonds is 29. The second-order valence-corrected chi connectivity index (χ2v) is 12.8. The molecule has 0 spiro atoms. The van der Waals surface area contributed by atoms with Crippen LogP contribution >= 0.6 is 24.8 Å². The van der Waals surface area contributed by atoms with Gasteiger partial charge in [0.25, 0.3) is 0 Å². The Morgan fingerprint density at radius 3 is 1.00 bits per heavy atom. The van der Waals surface area contributed by atoms with Crippen LogP contribution in [0.1, 0.15) is 194 Å². The first-order chi connectivity index (χ1) is 17.6. The third kappa shape index (κ3) is 27.3. The van der Waals surface area contributed by atoms with Gasteiger partial charge in [0.05, 0.1) is 10.4 Å². The molecule has 36 heavy (non-hydrogen) atoms. The highest BCUT2D eigenvalue weighted by Crippen LogP contribution is 2.24. The predicted molar refractivity (Wildman–Crippen MR) is 174 cm³/mol. The van der Waals surface area contributed by atoms with Crippen molar-refractivity contribution in [2.24, 2.45) is 5.92 Å². The first-order valence-electron chi connectivity index (χ1n) is 16.6. The van der Waals surface area contributed by atoms with Crippen molar-refractivity contribution < 1.29 is 0 Å². The van der Waals surface area contributed by atoms with Crippen LogP contribution in [-0.2, 0) is 0 Å². The summed E-state index contributed by atoms with van der Waals surface area (Å²) in [4.78, 5) is 0.889. The number of hydrogen-bond acceptors (Lipinski definition) is 2. The predicted octanol–water partition coefficient (Wildman–Crippen LogP) is 12.4. The Morgan fingerprint density at radius 1 is 0.500 bits per heavy atom. The molecule has 0 aliphatic heterocycles. The van der Waals surface area contributed by atoms with E-state index in [0.717, 1.165) is 4.99 Å². The summed E-state index contributed by atoms with van der Waals surface area (Å²) in [6, 6.07) is 0. The molecule has 0 radical (unpaired) electrons. The maximum absolute atomic E-state index is 5.30. The molecule has 2 unspecified atom stereocenters. The van der Waals surface area contributed by atoms with Gasteiger partial charge in [0, 0.05) is 0 Å². The van der Waals surface area contributed by atoms with Gasteiger partial charge in [0.2, 0.25) is 0 Å². The SMILES string of the molecule is CCCCCCCCCCCCCCCC(CCCCCCCCCCCCCC)C(S)NC(C)=S. The molecule has 0 heterocycles. The lowest BCUT2D eigenvalue weighted by Crippen LogP contribution is -2.34. The van der Waals surface area contributed by atoms with Gasteiger partial charge >= 0.3 is 0 Å². The molecular formula is C33H67NS2. The Balaban J connectivity index is 3.75. The fourth-order valence-corrected chi connectivity index (χ4v) is 6.16. The summed E-state index contributed by atoms with van der Waals surface area (Å²) in [5.74, 6) is 0.655. The monoisotopic (exact) mass is 541 g/mol. The van der Waals surface area contributed by atoms with Crippen LogP contribution in [0.2, 0.25) is 0 Å². The van der Waals surface area contributed by atoms with Crippen molar-refractivity contribution in [1.29, 1.82) is 0 Å². The van der Waals surface area contributed by atoms with Crippen LogP contribution in [0.5, 0.6) is 0 Å². The van der Waals surface area contributed by atoms with Crippen LogP contribution in [0.25, 0.3) is 0 Å². The molecule has 0 fully saturated rings. The number of unbranched alkanes of at least 4 members (excludes halogenated alkanes) is 23. The maximum Gasteiger partial charge on any atom is 0.0730 e. The molecule has 2 atom stereocenters. The van der Waals surface area contributed by atoms with Gasteiger partial charge in [-0.15, -0.1) is 0 Å². The van der Waals surface area contributed by atoms with Crippen molar-refractivity contribution in [1.82, 2.24) is 5.32 Å². The Morgan fingerprint density at radius 2 is 0.750 bits per heavy atom. The van der Waals surface area contributed by atoms with Crippen molar-refractivity contribution in [3.8, 4) is 0 Å². The third-order valence-electron chi connectivity index (χ3n) is 7.90. The lowest BCUT2D eigenvalue weighted by molar-refractivity contribution is 0.382. The third-order valence-corrected chi connectivity index (χ3v) is 8.57. The average Bonchev–Trinajstić information content (AvgIpc) is 2.85. The van der Waals surface area contributed by atoms with Crippen molar-refractivity contribution in [2.45, 2.75) is 200 Å². The highest BCUT2D eigenvalue weighted by atomic mass is 32.1. The van der Waals surface area contributed by atoms with E-state index < -0.39 is 0 Å². The second-order valence-electron chi connectivity index (χ2n) is 11.6. The van der Waals surface area contributed by atoms with Crippen LogP contribution < -0.4 is 5.32 Å². The van der Waals surface area contributed by atoms with E-state index in [-0.39, 0.29) is 5.37 Å². The standard InChI is InChI=1S/C33H67NS2/c1-4-6-8-10-12-14-16-18-20-22-24-26-28-30-32(33(36)34-31(3)35)29-27-25-23-21-19-17-15-13-11-9-7-5-2/h32-33,36H,4-30H2,1-3H3,(H,34,35). The zero-order valence-corrected chi connectivity index (χ0v) is 26.8. The van der Waals surface area contributed by atoms with Gasteiger partial charge in [-0.3, -0.25) is 0 Å². The topological polar surface area (TPSA) is 12.0 Å². The molecule has 1 nitrogen and oxygen atoms in total. The molecule has 216 valence electrons. The molecule has 0 aliphatic carbocycles. The molecule has 0 aromatic carbocycles. The van der Waals surface area contributed by atoms with Gasteiger partial charge < -0.3 is 5.32 Å². The van der Waals surface area contributed by atoms with Gasteiger partial charge in [0.15, 0.2) is 0 Å². The summed E-state index contributed by atoms with van der Waals surface area (Å²) >= 11 is 10.2. The molecule has 1 N–H and O–H groups in total. The molecule has 0 aliphatic rings. The lowest BCUT2D eigenvalue weighted by atomic mass is 9.93. The molecule has 0 rings (SSSR count). The van der Waals surface area contributed by atoms with E-state index in [9.17, 15) is 0 Å². The molecule has 0 amide bonds. The van der Waals surface area contributed by atoms with E-state index in [4.69, 9.17) is 24.8 Å². The number of nitrogens with one attached hydrogen (secondary N) is 1. The summed E-state index contributed by atoms with van der Waals surface area (Å²) in [6.07, 6.45) is 38.2. The van der Waals surface area contributed by atoms with E-state index >= 15 is 0 Å². The molecule has 0 aromatic heterocycles. The molecule has 3 heteroatoms. The van der Waals surface area contributed by atoms with Crippen molar-refractivity contribution in [2.75, 3.05) is 0 Å². The largest absolute Gasteiger partial charge is 0.368 e. The zero-order chi connectivity index (χ0) is 26.5. The maximum atomic E-state index is 5.30. The summed E-state index contributed by atoms with van der Waals surface area (Å²) in [5, 5.41) is 3.66. The van der Waals surface area contributed by atoms with Crippen LogP contribution in [0.4, 0.5) is 0 Å². The molecule has 0 saturated carbocycles. The minimum absolute atomic E-state index is 0.229. The Bertz CT molecular complexity index is 439. The molecule has 0 aromatic rings. The Hall–Kier alpha value is 0.240. The number of hydrogen-bond donors (Lipinski definition) is 2. The van der Waals surface area contributed by atoms with E-state index in [1.54, 1.807) is 0 Å². The van der Waals surface area contributed by atoms with E-state index in [2.05, 4.69) is 19.2 Å². The Kier molecular flexibility index (Phi) is 30.0. The normalized spacial score (nSPS) is 13.1. The van der Waals surface area contributed by atoms with Crippen LogP contribution in [0.15, 0.2) is 0 Å². The average molecular weight is 542 g/mol. The van der Waals surface area contributed by atoms with Crippen LogP contribution in [0, 0.1) is 5.92 Å². The highest BCUT2D eigenvalue weighted by Gasteiger charge is 2.17. The van der Waals surface area contributed by atoms with Gasteiger partial charge in [-0.05, 0) is 25.7 Å². The Labute approximate surface area is 239 Å². The van der Waals surface area contributed by atoms with E-state index in [1.165, 1.54) is 173 Å². The minimum atomic E-state index is 0.229. The fourth-order valence-electron chi connectivity index (χ4n) is 5.46. The number of thiocarbonyl (C=S) groups is 1. The van der Waals surface area contributed by atoms with Crippen molar-refractivity contribution in [3.63, 3.8) is 0 Å². The zero-order valence-electron chi connectivity index (χ0n) is 25.1. The smallest absolute Gasteiger partial charge is 0.0730 e. The van der Waals surface area contributed by atoms with Gasteiger partial charge in [-0.2, -0.15) is 12.6 Å². The van der Waals surface area contributed by atoms with Crippen LogP contribution in [-0.4, -0.2) is 10.4 Å². The lowest BCUT2D eigenvalue weighted by Gasteiger charge is -2.25. The fraction of sp³-hybridized carbons (Fsp3) is 0.970. The summed E-state index contributed by atoms with van der Waals surface area (Å²) in [6.45, 7) is 6.59. The molecule has 0 saturated heterocycles. The molecular weight excluding hydrogens is 475 g/mol. The van der Waals surface area contributed by atoms with Gasteiger partial charge in [-0.25, -0.2) is 0 Å².